The maximum absolute atomic E-state index is 13.3. The van der Waals surface area contributed by atoms with Crippen molar-refractivity contribution in [3.05, 3.63) is 258 Å². The molecule has 0 unspecified atom stereocenters. The van der Waals surface area contributed by atoms with Crippen molar-refractivity contribution in [2.24, 2.45) is 0 Å². The second-order valence-corrected chi connectivity index (χ2v) is 36.7. The number of carbonyl (C=O) groups is 1. The molecule has 0 saturated heterocycles. The Morgan fingerprint density at radius 3 is 1.07 bits per heavy atom. The fourth-order valence-corrected chi connectivity index (χ4v) is 17.2. The fraction of sp³-hybridized carbons (Fsp3) is 0.340. The first kappa shape index (κ1) is 138. The number of anilines is 8. The standard InChI is InChI=1S/C24H28ClF3N3OS.C23H25ClF3N3OS.C20H17BrClF3N2S.C16H10ClF3N2S.C4H8Br2.C3H9NO.C2H3N.CH3I.CH2O3.HI.2K.Na.2H/c1-31(2,13-14-32)12-4-3-11-30(21-10-6-8-19(16-21)24(26,27)28)23-29-22(17-33-23)18-7-5-9-20(25)15-18;1-29(12-13-31)10-2-3-11-30(20-9-5-7-18(15-20)23(25,26)27)22-28-21(16-32-22)17-6-4-8-19(24)14-17;21-9-1-2-10-27(17-8-4-6-15(12-17)20(23,24)25)19-26-18(13-28-19)14-5-3-7-16(22)11-14;17-12-5-1-3-10(7-12)14-9-23-15(22-14)21-13-6-2-4-11(8-13)16(18,19)20;5-3-1-2-4-6;1-4-2-3-5;1-2-3;1-2;2-1-4-3;;;;;;/h5-10,15-17,32H,3-4,11-14H2,1-2H3;4-9,14-16,31H,2-3,10-13H2,1H3;3-8,11-13H,1-2,9-10H2;1-9H,(H,21,22);1-4H2;4-5H,2-3H2,1H3;1H3;1H3;1,3H;1H;;;;;/q+1;;;;;;;;;;3*+1;2*-1/p-2. The number of carbonyl (C=O) groups excluding carboxylic acids is 1. The number of quaternary nitrogens is 1. The SMILES string of the molecule is BrCCCCBr.CC#N.CI.CN(CCO)CCCCN(c1cccc(C(F)(F)F)c1)c1nc(-c2cccc(Cl)c2)cs1.CNCCO.C[N+](C)(CCO)CCCCN(c1cccc(C(F)(F)F)c1)c1nc(-c2cccc(Cl)c2)cs1.FC(F)(F)c1cccc(N(CCCCBr)c2nc(-c3cccc(Cl)c3)cs2)c1.FC(F)(F)c1cccc(Nc2nc(-c3cccc(Cl)c3)cs2)c1.O=CO[O-].[H-].[H-].[I-].[K+].[K+].[Na+]. The summed E-state index contributed by atoms with van der Waals surface area (Å²) in [5.74, 6) is 0. The summed E-state index contributed by atoms with van der Waals surface area (Å²) >= 11 is 41.9. The number of nitriles is 1. The Hall–Kier alpha value is -2.35. The predicted octanol–water partition coefficient (Wildman–Crippen LogP) is 16.8. The summed E-state index contributed by atoms with van der Waals surface area (Å²) in [6, 6.07) is 52.1. The summed E-state index contributed by atoms with van der Waals surface area (Å²) in [7, 11) is 7.84. The van der Waals surface area contributed by atoms with Crippen molar-refractivity contribution >= 4 is 212 Å². The second-order valence-electron chi connectivity index (χ2n) is 29.2. The third-order valence-corrected chi connectivity index (χ3v) is 24.5. The zero-order chi connectivity index (χ0) is 101. The third-order valence-electron chi connectivity index (χ3n) is 18.5. The topological polar surface area (TPSA) is 222 Å². The minimum absolute atomic E-state index is 0. The molecule has 18 nitrogen and oxygen atoms in total. The monoisotopic (exact) mass is 2590 g/mol. The number of benzene rings is 8. The Kier molecular flexibility index (Phi) is 74.1. The number of rotatable bonds is 36. The van der Waals surface area contributed by atoms with Crippen molar-refractivity contribution in [3.63, 3.8) is 0 Å². The molecule has 46 heteroatoms. The number of likely N-dealkylation sites (N-methyl/N-ethyl adjacent to an activating group) is 3. The van der Waals surface area contributed by atoms with Gasteiger partial charge in [-0.05, 0) is 198 Å². The van der Waals surface area contributed by atoms with E-state index < -0.39 is 47.0 Å². The number of aliphatic hydroxyl groups excluding tert-OH is 3. The van der Waals surface area contributed by atoms with Crippen LogP contribution in [-0.4, -0.2) is 172 Å². The van der Waals surface area contributed by atoms with E-state index in [2.05, 4.69) is 110 Å². The molecule has 12 rings (SSSR count). The van der Waals surface area contributed by atoms with Gasteiger partial charge in [0.1, 0.15) is 6.54 Å². The molecule has 0 saturated carbocycles. The molecule has 0 fully saturated rings. The van der Waals surface area contributed by atoms with Crippen molar-refractivity contribution in [2.75, 3.05) is 141 Å². The number of halogens is 21. The molecule has 0 amide bonds. The van der Waals surface area contributed by atoms with E-state index in [-0.39, 0.29) is 185 Å². The van der Waals surface area contributed by atoms with Crippen molar-refractivity contribution in [1.82, 2.24) is 30.2 Å². The minimum Gasteiger partial charge on any atom is -1.00 e. The van der Waals surface area contributed by atoms with Crippen LogP contribution in [0.15, 0.2) is 216 Å². The largest absolute Gasteiger partial charge is 1.00 e. The van der Waals surface area contributed by atoms with Crippen molar-refractivity contribution in [1.29, 1.82) is 5.26 Å². The van der Waals surface area contributed by atoms with E-state index in [4.69, 9.17) is 81.9 Å². The zero-order valence-electron chi connectivity index (χ0n) is 80.0. The zero-order valence-corrected chi connectivity index (χ0v) is 102. The van der Waals surface area contributed by atoms with Crippen LogP contribution in [0.1, 0.15) is 83.4 Å². The Morgan fingerprint density at radius 2 is 0.771 bits per heavy atom. The molecule has 5 N–H and O–H groups in total. The summed E-state index contributed by atoms with van der Waals surface area (Å²) in [6.07, 6.45) is -10.0. The number of alkyl halides is 16. The summed E-state index contributed by atoms with van der Waals surface area (Å²) in [5, 5.41) is 63.1. The van der Waals surface area contributed by atoms with Crippen LogP contribution in [-0.2, 0) is 34.4 Å². The molecule has 0 aliphatic rings. The first-order valence-corrected chi connectivity index (χ1v) is 52.1. The number of nitrogens with zero attached hydrogens (tertiary/aromatic N) is 10. The van der Waals surface area contributed by atoms with Crippen LogP contribution in [0.4, 0.5) is 96.0 Å². The fourth-order valence-electron chi connectivity index (χ4n) is 11.9. The van der Waals surface area contributed by atoms with Gasteiger partial charge in [0.05, 0.1) is 91.6 Å². The van der Waals surface area contributed by atoms with Gasteiger partial charge in [0.15, 0.2) is 20.5 Å². The van der Waals surface area contributed by atoms with Gasteiger partial charge in [-0.15, -0.1) is 45.3 Å². The van der Waals surface area contributed by atoms with Crippen LogP contribution in [0.2, 0.25) is 20.1 Å². The second kappa shape index (κ2) is 75.4. The van der Waals surface area contributed by atoms with E-state index in [9.17, 15) is 57.8 Å². The smallest absolute Gasteiger partial charge is 1.00 e. The quantitative estimate of drug-likeness (QED) is 0.00283. The van der Waals surface area contributed by atoms with Gasteiger partial charge >= 0.3 is 157 Å². The number of unbranched alkanes of at least 4 members (excludes halogenated alkanes) is 4. The van der Waals surface area contributed by atoms with Crippen molar-refractivity contribution in [3.8, 4) is 51.1 Å². The molecular formula is C94H106Br3Cl4F12I2K2N12NaO6S4. The minimum atomic E-state index is -4.41. The summed E-state index contributed by atoms with van der Waals surface area (Å²) in [6.45, 7) is 6.93. The average Bonchev–Trinajstić information content (AvgIpc) is 1.57. The summed E-state index contributed by atoms with van der Waals surface area (Å²) < 4.78 is 158. The first-order valence-electron chi connectivity index (χ1n) is 41.5. The van der Waals surface area contributed by atoms with Crippen LogP contribution in [0, 0.1) is 11.3 Å². The molecule has 0 bridgehead atoms. The molecule has 0 atom stereocenters. The molecule has 8 aromatic carbocycles. The van der Waals surface area contributed by atoms with Gasteiger partial charge in [-0.2, -0.15) is 57.9 Å². The number of aromatic nitrogens is 4. The van der Waals surface area contributed by atoms with E-state index in [0.29, 0.717) is 113 Å². The van der Waals surface area contributed by atoms with E-state index in [1.165, 1.54) is 108 Å². The van der Waals surface area contributed by atoms with Gasteiger partial charge in [0.25, 0.3) is 6.47 Å². The van der Waals surface area contributed by atoms with Crippen molar-refractivity contribution < 1.29 is 247 Å². The van der Waals surface area contributed by atoms with Gasteiger partial charge in [0, 0.05) is 142 Å². The number of hydrogen-bond donors (Lipinski definition) is 5. The summed E-state index contributed by atoms with van der Waals surface area (Å²) in [5.41, 5.74) is 5.37. The third kappa shape index (κ3) is 53.4. The Labute approximate surface area is 1010 Å². The molecule has 0 spiro atoms. The van der Waals surface area contributed by atoms with Crippen molar-refractivity contribution in [2.45, 2.75) is 83.0 Å². The predicted molar refractivity (Wildman–Crippen MR) is 554 cm³/mol. The Morgan fingerprint density at radius 1 is 0.471 bits per heavy atom. The Balaban J connectivity index is -0.00000169. The van der Waals surface area contributed by atoms with Crippen LogP contribution >= 0.6 is 162 Å². The molecule has 0 radical (unpaired) electrons. The van der Waals surface area contributed by atoms with Gasteiger partial charge in [-0.1, -0.05) is 190 Å². The molecule has 4 aromatic heterocycles. The molecule has 4 heterocycles. The van der Waals surface area contributed by atoms with Crippen LogP contribution < -0.4 is 187 Å². The van der Waals surface area contributed by atoms with Gasteiger partial charge in [0.2, 0.25) is 0 Å². The molecule has 0 aliphatic carbocycles. The number of aliphatic hydroxyl groups is 3. The van der Waals surface area contributed by atoms with Gasteiger partial charge < -0.3 is 87.0 Å². The van der Waals surface area contributed by atoms with E-state index >= 15 is 0 Å². The summed E-state index contributed by atoms with van der Waals surface area (Å²) in [4.78, 5) is 39.2. The van der Waals surface area contributed by atoms with Crippen LogP contribution in [0.5, 0.6) is 0 Å². The van der Waals surface area contributed by atoms with E-state index in [1.54, 1.807) is 67.7 Å². The average molecular weight is 2590 g/mol. The normalized spacial score (nSPS) is 10.7. The van der Waals surface area contributed by atoms with E-state index in [1.807, 2.05) is 120 Å². The molecule has 752 valence electrons. The molecule has 12 aromatic rings. The maximum Gasteiger partial charge on any atom is 1.00 e. The van der Waals surface area contributed by atoms with Crippen LogP contribution in [0.25, 0.3) is 45.0 Å². The first-order chi connectivity index (χ1) is 64.8. The molecular weight excluding hydrogens is 2490 g/mol. The van der Waals surface area contributed by atoms with Crippen LogP contribution in [0.3, 0.4) is 0 Å². The van der Waals surface area contributed by atoms with Gasteiger partial charge in [-0.25, -0.2) is 19.9 Å². The number of hydrogen-bond acceptors (Lipinski definition) is 21. The van der Waals surface area contributed by atoms with Gasteiger partial charge in [-0.3, -0.25) is 4.79 Å². The maximum atomic E-state index is 13.3. The molecule has 140 heavy (non-hydrogen) atoms. The Bertz CT molecular complexity index is 5480. The molecule has 0 aliphatic heterocycles. The van der Waals surface area contributed by atoms with E-state index in [0.717, 1.165) is 137 Å². The number of thiazole rings is 4. The number of nitrogens with one attached hydrogen (secondary N) is 2.